The van der Waals surface area contributed by atoms with E-state index in [1.807, 2.05) is 23.3 Å². The van der Waals surface area contributed by atoms with Gasteiger partial charge in [-0.25, -0.2) is 4.39 Å². The molecule has 1 aliphatic heterocycles. The number of carbonyl (C=O) groups excluding carboxylic acids is 2. The highest BCUT2D eigenvalue weighted by Crippen LogP contribution is 2.38. The summed E-state index contributed by atoms with van der Waals surface area (Å²) in [4.78, 5) is 31.4. The van der Waals surface area contributed by atoms with E-state index in [4.69, 9.17) is 4.74 Å². The lowest BCUT2D eigenvalue weighted by Crippen LogP contribution is -2.47. The standard InChI is InChI=1S/C26H27FN2O3S/c1-3-14-28(26(31)19-6-10-21(32-2)11-7-19)17-24(30)29-15-12-23-22(13-16-33-23)25(29)18-4-8-20(27)9-5-18/h4-11,13,16,25H,3,12,14-15,17H2,1-2H3. The molecule has 33 heavy (non-hydrogen) atoms. The fraction of sp³-hybridized carbons (Fsp3) is 0.308. The maximum atomic E-state index is 13.6. The number of ether oxygens (including phenoxy) is 1. The highest BCUT2D eigenvalue weighted by molar-refractivity contribution is 7.10. The SMILES string of the molecule is CCCN(CC(=O)N1CCc2sccc2C1c1ccc(F)cc1)C(=O)c1ccc(OC)cc1. The molecule has 7 heteroatoms. The van der Waals surface area contributed by atoms with E-state index in [2.05, 4.69) is 0 Å². The van der Waals surface area contributed by atoms with Crippen molar-refractivity contribution in [3.05, 3.63) is 87.4 Å². The summed E-state index contributed by atoms with van der Waals surface area (Å²) in [6.07, 6.45) is 1.52. The minimum Gasteiger partial charge on any atom is -0.497 e. The molecule has 0 spiro atoms. The summed E-state index contributed by atoms with van der Waals surface area (Å²) in [6, 6.07) is 15.0. The van der Waals surface area contributed by atoms with Crippen LogP contribution in [0.2, 0.25) is 0 Å². The van der Waals surface area contributed by atoms with E-state index in [0.29, 0.717) is 24.4 Å². The van der Waals surface area contributed by atoms with Crippen molar-refractivity contribution in [3.63, 3.8) is 0 Å². The molecule has 5 nitrogen and oxygen atoms in total. The zero-order valence-corrected chi connectivity index (χ0v) is 19.6. The number of hydrogen-bond donors (Lipinski definition) is 0. The Morgan fingerprint density at radius 1 is 1.12 bits per heavy atom. The van der Waals surface area contributed by atoms with Crippen molar-refractivity contribution in [2.75, 3.05) is 26.7 Å². The first kappa shape index (κ1) is 23.0. The van der Waals surface area contributed by atoms with Gasteiger partial charge in [0.05, 0.1) is 13.2 Å². The number of methoxy groups -OCH3 is 1. The van der Waals surface area contributed by atoms with E-state index in [9.17, 15) is 14.0 Å². The molecule has 0 aliphatic carbocycles. The molecule has 1 atom stereocenters. The topological polar surface area (TPSA) is 49.9 Å². The number of fused-ring (bicyclic) bond motifs is 1. The summed E-state index contributed by atoms with van der Waals surface area (Å²) < 4.78 is 18.7. The van der Waals surface area contributed by atoms with Crippen molar-refractivity contribution >= 4 is 23.2 Å². The summed E-state index contributed by atoms with van der Waals surface area (Å²) in [5.41, 5.74) is 2.47. The number of amides is 2. The minimum atomic E-state index is -0.308. The molecule has 3 aromatic rings. The summed E-state index contributed by atoms with van der Waals surface area (Å²) >= 11 is 1.68. The number of rotatable bonds is 7. The first-order chi connectivity index (χ1) is 16.0. The Bertz CT molecular complexity index is 1110. The third kappa shape index (κ3) is 4.93. The van der Waals surface area contributed by atoms with Crippen LogP contribution in [0.25, 0.3) is 0 Å². The van der Waals surface area contributed by atoms with Gasteiger partial charge in [-0.1, -0.05) is 19.1 Å². The van der Waals surface area contributed by atoms with Crippen molar-refractivity contribution < 1.29 is 18.7 Å². The van der Waals surface area contributed by atoms with Gasteiger partial charge < -0.3 is 14.5 Å². The third-order valence-corrected chi connectivity index (χ3v) is 6.91. The second-order valence-corrected chi connectivity index (χ2v) is 9.05. The van der Waals surface area contributed by atoms with Gasteiger partial charge in [-0.05, 0) is 71.8 Å². The molecule has 2 amide bonds. The van der Waals surface area contributed by atoms with Crippen LogP contribution in [-0.2, 0) is 11.2 Å². The minimum absolute atomic E-state index is 0.00410. The Kier molecular flexibility index (Phi) is 7.08. The van der Waals surface area contributed by atoms with Gasteiger partial charge in [0.25, 0.3) is 5.91 Å². The van der Waals surface area contributed by atoms with E-state index >= 15 is 0 Å². The summed E-state index contributed by atoms with van der Waals surface area (Å²) in [7, 11) is 1.58. The average Bonchev–Trinajstić information content (AvgIpc) is 3.32. The summed E-state index contributed by atoms with van der Waals surface area (Å²) in [5, 5.41) is 2.03. The summed E-state index contributed by atoms with van der Waals surface area (Å²) in [5.74, 6) is 0.0692. The number of benzene rings is 2. The normalized spacial score (nSPS) is 15.1. The molecule has 1 unspecified atom stereocenters. The monoisotopic (exact) mass is 466 g/mol. The fourth-order valence-electron chi connectivity index (χ4n) is 4.28. The second-order valence-electron chi connectivity index (χ2n) is 8.05. The maximum Gasteiger partial charge on any atom is 0.254 e. The molecule has 0 saturated heterocycles. The quantitative estimate of drug-likeness (QED) is 0.497. The average molecular weight is 467 g/mol. The smallest absolute Gasteiger partial charge is 0.254 e. The van der Waals surface area contributed by atoms with Crippen LogP contribution in [0, 0.1) is 5.82 Å². The Morgan fingerprint density at radius 3 is 2.52 bits per heavy atom. The second kappa shape index (κ2) is 10.2. The van der Waals surface area contributed by atoms with E-state index < -0.39 is 0 Å². The molecule has 0 bridgehead atoms. The number of carbonyl (C=O) groups is 2. The fourth-order valence-corrected chi connectivity index (χ4v) is 5.19. The van der Waals surface area contributed by atoms with E-state index in [-0.39, 0.29) is 30.2 Å². The van der Waals surface area contributed by atoms with Crippen LogP contribution in [-0.4, -0.2) is 48.4 Å². The van der Waals surface area contributed by atoms with E-state index in [0.717, 1.165) is 24.0 Å². The van der Waals surface area contributed by atoms with E-state index in [1.165, 1.54) is 17.0 Å². The number of thiophene rings is 1. The lowest BCUT2D eigenvalue weighted by atomic mass is 9.93. The Morgan fingerprint density at radius 2 is 1.85 bits per heavy atom. The van der Waals surface area contributed by atoms with Crippen LogP contribution in [0.1, 0.15) is 45.7 Å². The first-order valence-corrected chi connectivity index (χ1v) is 11.9. The molecule has 1 aromatic heterocycles. The molecule has 0 saturated carbocycles. The number of nitrogens with zero attached hydrogens (tertiary/aromatic N) is 2. The van der Waals surface area contributed by atoms with Gasteiger partial charge in [0.15, 0.2) is 0 Å². The largest absolute Gasteiger partial charge is 0.497 e. The number of hydrogen-bond acceptors (Lipinski definition) is 4. The van der Waals surface area contributed by atoms with Crippen molar-refractivity contribution in [2.24, 2.45) is 0 Å². The molecule has 2 aromatic carbocycles. The Balaban J connectivity index is 1.58. The van der Waals surface area contributed by atoms with Gasteiger partial charge >= 0.3 is 0 Å². The van der Waals surface area contributed by atoms with Crippen LogP contribution < -0.4 is 4.74 Å². The van der Waals surface area contributed by atoms with Crippen molar-refractivity contribution in [2.45, 2.75) is 25.8 Å². The third-order valence-electron chi connectivity index (χ3n) is 5.92. The van der Waals surface area contributed by atoms with Gasteiger partial charge in [-0.15, -0.1) is 11.3 Å². The van der Waals surface area contributed by atoms with Crippen molar-refractivity contribution in [3.8, 4) is 5.75 Å². The predicted octanol–water partition coefficient (Wildman–Crippen LogP) is 4.92. The zero-order chi connectivity index (χ0) is 23.4. The van der Waals surface area contributed by atoms with Crippen LogP contribution in [0.5, 0.6) is 5.75 Å². The van der Waals surface area contributed by atoms with Crippen LogP contribution in [0.3, 0.4) is 0 Å². The molecule has 2 heterocycles. The number of halogens is 1. The van der Waals surface area contributed by atoms with Gasteiger partial charge in [0.2, 0.25) is 5.91 Å². The molecular formula is C26H27FN2O3S. The zero-order valence-electron chi connectivity index (χ0n) is 18.8. The highest BCUT2D eigenvalue weighted by Gasteiger charge is 2.34. The maximum absolute atomic E-state index is 13.6. The molecule has 1 aliphatic rings. The molecule has 172 valence electrons. The highest BCUT2D eigenvalue weighted by atomic mass is 32.1. The molecule has 0 fully saturated rings. The lowest BCUT2D eigenvalue weighted by molar-refractivity contribution is -0.134. The van der Waals surface area contributed by atoms with Gasteiger partial charge in [-0.3, -0.25) is 9.59 Å². The predicted molar refractivity (Wildman–Crippen MR) is 127 cm³/mol. The van der Waals surface area contributed by atoms with E-state index in [1.54, 1.807) is 59.7 Å². The van der Waals surface area contributed by atoms with Gasteiger partial charge in [0.1, 0.15) is 18.1 Å². The molecule has 0 radical (unpaired) electrons. The van der Waals surface area contributed by atoms with Gasteiger partial charge in [0, 0.05) is 23.5 Å². The summed E-state index contributed by atoms with van der Waals surface area (Å²) in [6.45, 7) is 3.02. The first-order valence-electron chi connectivity index (χ1n) is 11.1. The van der Waals surface area contributed by atoms with Crippen molar-refractivity contribution in [1.82, 2.24) is 9.80 Å². The van der Waals surface area contributed by atoms with Crippen LogP contribution in [0.15, 0.2) is 60.0 Å². The molecule has 4 rings (SSSR count). The Hall–Kier alpha value is -3.19. The Labute approximate surface area is 197 Å². The van der Waals surface area contributed by atoms with Crippen LogP contribution in [0.4, 0.5) is 4.39 Å². The molecular weight excluding hydrogens is 439 g/mol. The lowest BCUT2D eigenvalue weighted by Gasteiger charge is -2.37. The van der Waals surface area contributed by atoms with Gasteiger partial charge in [-0.2, -0.15) is 0 Å². The van der Waals surface area contributed by atoms with Crippen LogP contribution >= 0.6 is 11.3 Å². The molecule has 0 N–H and O–H groups in total. The van der Waals surface area contributed by atoms with Crippen molar-refractivity contribution in [1.29, 1.82) is 0 Å².